The number of aromatic nitrogens is 1. The average Bonchev–Trinajstić information content (AvgIpc) is 3.23. The van der Waals surface area contributed by atoms with Crippen LogP contribution in [0.4, 0.5) is 0 Å². The molecule has 3 heteroatoms. The fourth-order valence-corrected chi connectivity index (χ4v) is 2.28. The highest BCUT2D eigenvalue weighted by Gasteiger charge is 2.23. The Hall–Kier alpha value is -1.87. The van der Waals surface area contributed by atoms with Gasteiger partial charge in [-0.1, -0.05) is 18.2 Å². The molecule has 1 atom stereocenters. The quantitative estimate of drug-likeness (QED) is 0.925. The highest BCUT2D eigenvalue weighted by molar-refractivity contribution is 5.35. The second-order valence-corrected chi connectivity index (χ2v) is 5.50. The Kier molecular flexibility index (Phi) is 3.45. The van der Waals surface area contributed by atoms with E-state index in [0.717, 1.165) is 35.3 Å². The van der Waals surface area contributed by atoms with E-state index < -0.39 is 6.10 Å². The van der Waals surface area contributed by atoms with E-state index in [1.54, 1.807) is 6.20 Å². The second-order valence-electron chi connectivity index (χ2n) is 5.50. The minimum atomic E-state index is -0.689. The summed E-state index contributed by atoms with van der Waals surface area (Å²) < 4.78 is 5.71. The number of benzene rings is 1. The monoisotopic (exact) mass is 269 g/mol. The van der Waals surface area contributed by atoms with Crippen molar-refractivity contribution in [2.75, 3.05) is 0 Å². The van der Waals surface area contributed by atoms with E-state index in [2.05, 4.69) is 4.98 Å². The van der Waals surface area contributed by atoms with Gasteiger partial charge in [0.15, 0.2) is 0 Å². The maximum Gasteiger partial charge on any atom is 0.121 e. The van der Waals surface area contributed by atoms with Crippen LogP contribution in [0.1, 0.15) is 41.3 Å². The fraction of sp³-hybridized carbons (Fsp3) is 0.353. The average molecular weight is 269 g/mol. The fourth-order valence-electron chi connectivity index (χ4n) is 2.28. The van der Waals surface area contributed by atoms with Crippen LogP contribution in [0.15, 0.2) is 36.5 Å². The third kappa shape index (κ3) is 2.83. The highest BCUT2D eigenvalue weighted by atomic mass is 16.5. The van der Waals surface area contributed by atoms with Crippen molar-refractivity contribution < 1.29 is 9.84 Å². The predicted molar refractivity (Wildman–Crippen MR) is 77.9 cm³/mol. The Bertz CT molecular complexity index is 603. The molecule has 1 aliphatic carbocycles. The third-order valence-corrected chi connectivity index (χ3v) is 3.54. The molecule has 1 aromatic heterocycles. The third-order valence-electron chi connectivity index (χ3n) is 3.54. The Labute approximate surface area is 119 Å². The zero-order valence-corrected chi connectivity index (χ0v) is 11.8. The summed E-state index contributed by atoms with van der Waals surface area (Å²) in [7, 11) is 0. The molecule has 0 radical (unpaired) electrons. The molecule has 1 fully saturated rings. The number of aliphatic hydroxyl groups is 1. The molecule has 0 saturated heterocycles. The largest absolute Gasteiger partial charge is 0.490 e. The standard InChI is InChI=1S/C17H19NO2/c1-11-9-12(2)16(18-10-11)17(19)13-3-5-14(6-4-13)20-15-7-8-15/h3-6,9-10,15,17,19H,7-8H2,1-2H3. The van der Waals surface area contributed by atoms with Gasteiger partial charge in [-0.3, -0.25) is 4.98 Å². The maximum absolute atomic E-state index is 10.4. The summed E-state index contributed by atoms with van der Waals surface area (Å²) >= 11 is 0. The normalized spacial score (nSPS) is 15.9. The molecule has 0 amide bonds. The lowest BCUT2D eigenvalue weighted by molar-refractivity contribution is 0.214. The van der Waals surface area contributed by atoms with Gasteiger partial charge in [0.05, 0.1) is 11.8 Å². The van der Waals surface area contributed by atoms with Crippen molar-refractivity contribution in [1.29, 1.82) is 0 Å². The van der Waals surface area contributed by atoms with Gasteiger partial charge in [-0.05, 0) is 55.5 Å². The lowest BCUT2D eigenvalue weighted by Gasteiger charge is -2.14. The lowest BCUT2D eigenvalue weighted by atomic mass is 10.0. The zero-order valence-electron chi connectivity index (χ0n) is 11.8. The molecule has 1 unspecified atom stereocenters. The molecular formula is C17H19NO2. The highest BCUT2D eigenvalue weighted by Crippen LogP contribution is 2.29. The van der Waals surface area contributed by atoms with Crippen LogP contribution < -0.4 is 4.74 Å². The summed E-state index contributed by atoms with van der Waals surface area (Å²) in [6.45, 7) is 3.98. The predicted octanol–water partition coefficient (Wildman–Crippen LogP) is 3.32. The number of aliphatic hydroxyl groups excluding tert-OH is 1. The molecule has 2 aromatic rings. The second kappa shape index (κ2) is 5.25. The van der Waals surface area contributed by atoms with E-state index in [1.165, 1.54) is 0 Å². The number of hydrogen-bond donors (Lipinski definition) is 1. The van der Waals surface area contributed by atoms with Crippen molar-refractivity contribution in [2.45, 2.75) is 38.9 Å². The van der Waals surface area contributed by atoms with Crippen LogP contribution in [-0.2, 0) is 0 Å². The molecule has 0 bridgehead atoms. The number of rotatable bonds is 4. The lowest BCUT2D eigenvalue weighted by Crippen LogP contribution is -2.05. The SMILES string of the molecule is Cc1cnc(C(O)c2ccc(OC3CC3)cc2)c(C)c1. The first-order valence-electron chi connectivity index (χ1n) is 7.01. The molecule has 1 aliphatic rings. The smallest absolute Gasteiger partial charge is 0.121 e. The van der Waals surface area contributed by atoms with Crippen LogP contribution >= 0.6 is 0 Å². The van der Waals surface area contributed by atoms with Crippen LogP contribution in [-0.4, -0.2) is 16.2 Å². The summed E-state index contributed by atoms with van der Waals surface area (Å²) in [6, 6.07) is 9.68. The van der Waals surface area contributed by atoms with Crippen molar-refractivity contribution in [3.05, 3.63) is 58.9 Å². The molecule has 3 nitrogen and oxygen atoms in total. The first-order valence-corrected chi connectivity index (χ1v) is 7.01. The van der Waals surface area contributed by atoms with Crippen LogP contribution in [0.25, 0.3) is 0 Å². The molecule has 104 valence electrons. The summed E-state index contributed by atoms with van der Waals surface area (Å²) in [5.41, 5.74) is 3.67. The molecule has 1 saturated carbocycles. The van der Waals surface area contributed by atoms with E-state index in [-0.39, 0.29) is 0 Å². The maximum atomic E-state index is 10.4. The van der Waals surface area contributed by atoms with E-state index in [1.807, 2.05) is 44.2 Å². The van der Waals surface area contributed by atoms with E-state index in [9.17, 15) is 5.11 Å². The minimum absolute atomic E-state index is 0.395. The number of hydrogen-bond acceptors (Lipinski definition) is 3. The summed E-state index contributed by atoms with van der Waals surface area (Å²) in [5.74, 6) is 0.872. The topological polar surface area (TPSA) is 42.4 Å². The van der Waals surface area contributed by atoms with Gasteiger partial charge in [0.1, 0.15) is 11.9 Å². The van der Waals surface area contributed by atoms with Gasteiger partial charge in [-0.2, -0.15) is 0 Å². The van der Waals surface area contributed by atoms with Crippen LogP contribution in [0, 0.1) is 13.8 Å². The molecular weight excluding hydrogens is 250 g/mol. The van der Waals surface area contributed by atoms with Gasteiger partial charge in [0.2, 0.25) is 0 Å². The number of nitrogens with zero attached hydrogens (tertiary/aromatic N) is 1. The summed E-state index contributed by atoms with van der Waals surface area (Å²) in [5, 5.41) is 10.4. The minimum Gasteiger partial charge on any atom is -0.490 e. The van der Waals surface area contributed by atoms with Crippen molar-refractivity contribution in [1.82, 2.24) is 4.98 Å². The number of aryl methyl sites for hydroxylation is 2. The van der Waals surface area contributed by atoms with E-state index >= 15 is 0 Å². The Balaban J connectivity index is 1.80. The zero-order chi connectivity index (χ0) is 14.1. The van der Waals surface area contributed by atoms with Crippen LogP contribution in [0.5, 0.6) is 5.75 Å². The molecule has 1 aromatic carbocycles. The molecule has 0 aliphatic heterocycles. The van der Waals surface area contributed by atoms with E-state index in [0.29, 0.717) is 11.8 Å². The molecule has 1 heterocycles. The molecule has 0 spiro atoms. The molecule has 1 N–H and O–H groups in total. The van der Waals surface area contributed by atoms with Crippen molar-refractivity contribution in [3.63, 3.8) is 0 Å². The van der Waals surface area contributed by atoms with Crippen molar-refractivity contribution in [2.24, 2.45) is 0 Å². The van der Waals surface area contributed by atoms with Crippen molar-refractivity contribution in [3.8, 4) is 5.75 Å². The van der Waals surface area contributed by atoms with Crippen LogP contribution in [0.2, 0.25) is 0 Å². The molecule has 20 heavy (non-hydrogen) atoms. The van der Waals surface area contributed by atoms with Gasteiger partial charge in [-0.25, -0.2) is 0 Å². The summed E-state index contributed by atoms with van der Waals surface area (Å²) in [6.07, 6.45) is 3.79. The van der Waals surface area contributed by atoms with Gasteiger partial charge in [-0.15, -0.1) is 0 Å². The first kappa shape index (κ1) is 13.1. The van der Waals surface area contributed by atoms with E-state index in [4.69, 9.17) is 4.74 Å². The van der Waals surface area contributed by atoms with Gasteiger partial charge < -0.3 is 9.84 Å². The van der Waals surface area contributed by atoms with Gasteiger partial charge in [0.25, 0.3) is 0 Å². The molecule has 3 rings (SSSR count). The Morgan fingerprint density at radius 2 is 1.90 bits per heavy atom. The van der Waals surface area contributed by atoms with Gasteiger partial charge >= 0.3 is 0 Å². The Morgan fingerprint density at radius 1 is 1.20 bits per heavy atom. The number of ether oxygens (including phenoxy) is 1. The van der Waals surface area contributed by atoms with Crippen molar-refractivity contribution >= 4 is 0 Å². The van der Waals surface area contributed by atoms with Gasteiger partial charge in [0, 0.05) is 6.20 Å². The number of pyridine rings is 1. The summed E-state index contributed by atoms with van der Waals surface area (Å²) in [4.78, 5) is 4.35. The van der Waals surface area contributed by atoms with Crippen LogP contribution in [0.3, 0.4) is 0 Å². The first-order chi connectivity index (χ1) is 9.63. The Morgan fingerprint density at radius 3 is 2.50 bits per heavy atom.